The molecule has 124 valence electrons. The van der Waals surface area contributed by atoms with Gasteiger partial charge in [-0.15, -0.1) is 11.3 Å². The monoisotopic (exact) mass is 342 g/mol. The maximum atomic E-state index is 5.84. The predicted molar refractivity (Wildman–Crippen MR) is 91.8 cm³/mol. The summed E-state index contributed by atoms with van der Waals surface area (Å²) in [6.07, 6.45) is 3.78. The zero-order valence-electron chi connectivity index (χ0n) is 13.4. The second-order valence-corrected chi connectivity index (χ2v) is 6.79. The molecule has 0 radical (unpaired) electrons. The molecule has 1 aliphatic rings. The van der Waals surface area contributed by atoms with Gasteiger partial charge < -0.3 is 14.6 Å². The number of ether oxygens (including phenoxy) is 1. The zero-order valence-corrected chi connectivity index (χ0v) is 14.2. The number of aryl methyl sites for hydroxylation is 1. The first-order valence-corrected chi connectivity index (χ1v) is 8.86. The van der Waals surface area contributed by atoms with Gasteiger partial charge in [-0.25, -0.2) is 9.97 Å². The van der Waals surface area contributed by atoms with Crippen molar-refractivity contribution in [2.75, 3.05) is 11.9 Å². The van der Waals surface area contributed by atoms with Crippen molar-refractivity contribution in [3.8, 4) is 11.3 Å². The van der Waals surface area contributed by atoms with Gasteiger partial charge in [-0.2, -0.15) is 0 Å². The molecular formula is C17H18N4O2S. The van der Waals surface area contributed by atoms with Crippen LogP contribution in [0.25, 0.3) is 11.3 Å². The van der Waals surface area contributed by atoms with Gasteiger partial charge in [-0.05, 0) is 31.2 Å². The second-order valence-electron chi connectivity index (χ2n) is 5.76. The van der Waals surface area contributed by atoms with Crippen molar-refractivity contribution in [2.45, 2.75) is 32.4 Å². The van der Waals surface area contributed by atoms with Crippen LogP contribution in [0.4, 0.5) is 5.95 Å². The molecule has 24 heavy (non-hydrogen) atoms. The van der Waals surface area contributed by atoms with E-state index < -0.39 is 0 Å². The van der Waals surface area contributed by atoms with Crippen LogP contribution in [0.2, 0.25) is 0 Å². The van der Waals surface area contributed by atoms with Crippen molar-refractivity contribution in [2.24, 2.45) is 0 Å². The highest BCUT2D eigenvalue weighted by Gasteiger charge is 2.25. The van der Waals surface area contributed by atoms with Gasteiger partial charge in [-0.3, -0.25) is 0 Å². The number of hydrogen-bond donors (Lipinski definition) is 1. The lowest BCUT2D eigenvalue weighted by atomic mass is 10.1. The van der Waals surface area contributed by atoms with Gasteiger partial charge in [0.25, 0.3) is 0 Å². The Morgan fingerprint density at radius 3 is 3.08 bits per heavy atom. The Labute approximate surface area is 143 Å². The molecule has 1 unspecified atom stereocenters. The molecule has 4 rings (SSSR count). The lowest BCUT2D eigenvalue weighted by Gasteiger charge is -2.14. The van der Waals surface area contributed by atoms with Crippen LogP contribution in [0.1, 0.15) is 35.2 Å². The van der Waals surface area contributed by atoms with E-state index in [1.165, 1.54) is 4.88 Å². The molecule has 0 aromatic carbocycles. The topological polar surface area (TPSA) is 73.1 Å². The molecule has 0 spiro atoms. The number of anilines is 1. The van der Waals surface area contributed by atoms with Gasteiger partial charge in [-0.1, -0.05) is 11.2 Å². The highest BCUT2D eigenvalue weighted by molar-refractivity contribution is 7.09. The molecule has 0 amide bonds. The maximum Gasteiger partial charge on any atom is 0.223 e. The molecule has 1 N–H and O–H groups in total. The summed E-state index contributed by atoms with van der Waals surface area (Å²) in [5.74, 6) is 1.29. The van der Waals surface area contributed by atoms with Gasteiger partial charge in [0.2, 0.25) is 5.95 Å². The summed E-state index contributed by atoms with van der Waals surface area (Å²) in [4.78, 5) is 10.4. The number of rotatable bonds is 5. The van der Waals surface area contributed by atoms with E-state index in [9.17, 15) is 0 Å². The Hall–Kier alpha value is -2.25. The summed E-state index contributed by atoms with van der Waals surface area (Å²) in [5.41, 5.74) is 2.56. The molecule has 1 saturated heterocycles. The van der Waals surface area contributed by atoms with Crippen LogP contribution in [0, 0.1) is 6.92 Å². The minimum atomic E-state index is -0.0179. The Kier molecular flexibility index (Phi) is 4.27. The molecule has 0 bridgehead atoms. The van der Waals surface area contributed by atoms with E-state index in [1.807, 2.05) is 19.1 Å². The van der Waals surface area contributed by atoms with Crippen LogP contribution < -0.4 is 5.32 Å². The molecular weight excluding hydrogens is 324 g/mol. The minimum Gasteiger partial charge on any atom is -0.372 e. The normalized spacial score (nSPS) is 17.3. The van der Waals surface area contributed by atoms with Gasteiger partial charge in [0.15, 0.2) is 5.76 Å². The van der Waals surface area contributed by atoms with Crippen LogP contribution in [-0.4, -0.2) is 21.7 Å². The van der Waals surface area contributed by atoms with Crippen molar-refractivity contribution in [1.82, 2.24) is 15.1 Å². The summed E-state index contributed by atoms with van der Waals surface area (Å²) < 4.78 is 11.2. The van der Waals surface area contributed by atoms with E-state index >= 15 is 0 Å². The molecule has 3 aromatic heterocycles. The summed E-state index contributed by atoms with van der Waals surface area (Å²) >= 11 is 1.71. The van der Waals surface area contributed by atoms with Gasteiger partial charge >= 0.3 is 0 Å². The number of aromatic nitrogens is 3. The van der Waals surface area contributed by atoms with Gasteiger partial charge in [0.1, 0.15) is 6.10 Å². The predicted octanol–water partition coefficient (Wildman–Crippen LogP) is 3.97. The van der Waals surface area contributed by atoms with Crippen molar-refractivity contribution < 1.29 is 9.26 Å². The maximum absolute atomic E-state index is 5.84. The summed E-state index contributed by atoms with van der Waals surface area (Å²) in [6.45, 7) is 3.38. The SMILES string of the molecule is Cc1cc(-c2cnc(NCc3cccs3)nc2C2CCCO2)on1. The van der Waals surface area contributed by atoms with Gasteiger partial charge in [0, 0.05) is 23.7 Å². The fourth-order valence-corrected chi connectivity index (χ4v) is 3.42. The Bertz CT molecular complexity index is 810. The Balaban J connectivity index is 1.64. The molecule has 0 aliphatic carbocycles. The highest BCUT2D eigenvalue weighted by atomic mass is 32.1. The van der Waals surface area contributed by atoms with Gasteiger partial charge in [0.05, 0.1) is 23.5 Å². The molecule has 1 aliphatic heterocycles. The van der Waals surface area contributed by atoms with E-state index in [-0.39, 0.29) is 6.10 Å². The largest absolute Gasteiger partial charge is 0.372 e. The van der Waals surface area contributed by atoms with E-state index in [2.05, 4.69) is 26.9 Å². The fraction of sp³-hybridized carbons (Fsp3) is 0.353. The average molecular weight is 342 g/mol. The first kappa shape index (κ1) is 15.3. The van der Waals surface area contributed by atoms with Crippen LogP contribution in [0.5, 0.6) is 0 Å². The molecule has 3 aromatic rings. The van der Waals surface area contributed by atoms with Crippen molar-refractivity contribution in [3.63, 3.8) is 0 Å². The Morgan fingerprint density at radius 1 is 1.42 bits per heavy atom. The fourth-order valence-electron chi connectivity index (χ4n) is 2.78. The molecule has 1 fully saturated rings. The van der Waals surface area contributed by atoms with E-state index in [4.69, 9.17) is 14.2 Å². The number of nitrogens with one attached hydrogen (secondary N) is 1. The second kappa shape index (κ2) is 6.70. The van der Waals surface area contributed by atoms with E-state index in [0.717, 1.165) is 36.4 Å². The van der Waals surface area contributed by atoms with Crippen LogP contribution in [0.3, 0.4) is 0 Å². The van der Waals surface area contributed by atoms with Crippen LogP contribution >= 0.6 is 11.3 Å². The number of hydrogen-bond acceptors (Lipinski definition) is 7. The third-order valence-corrected chi connectivity index (χ3v) is 4.82. The van der Waals surface area contributed by atoms with Crippen molar-refractivity contribution in [3.05, 3.63) is 46.0 Å². The lowest BCUT2D eigenvalue weighted by molar-refractivity contribution is 0.109. The third kappa shape index (κ3) is 3.18. The molecule has 6 nitrogen and oxygen atoms in total. The Morgan fingerprint density at radius 2 is 2.38 bits per heavy atom. The number of nitrogens with zero attached hydrogens (tertiary/aromatic N) is 3. The molecule has 4 heterocycles. The zero-order chi connectivity index (χ0) is 16.4. The minimum absolute atomic E-state index is 0.0179. The third-order valence-electron chi connectivity index (χ3n) is 3.95. The van der Waals surface area contributed by atoms with Crippen molar-refractivity contribution in [1.29, 1.82) is 0 Å². The van der Waals surface area contributed by atoms with E-state index in [1.54, 1.807) is 17.5 Å². The van der Waals surface area contributed by atoms with Crippen molar-refractivity contribution >= 4 is 17.3 Å². The lowest BCUT2D eigenvalue weighted by Crippen LogP contribution is -2.08. The summed E-state index contributed by atoms with van der Waals surface area (Å²) in [7, 11) is 0. The highest BCUT2D eigenvalue weighted by Crippen LogP contribution is 2.34. The quantitative estimate of drug-likeness (QED) is 0.756. The smallest absolute Gasteiger partial charge is 0.223 e. The van der Waals surface area contributed by atoms with Crippen LogP contribution in [-0.2, 0) is 11.3 Å². The average Bonchev–Trinajstić information content (AvgIpc) is 3.35. The van der Waals surface area contributed by atoms with Crippen LogP contribution in [0.15, 0.2) is 34.3 Å². The summed E-state index contributed by atoms with van der Waals surface area (Å²) in [5, 5.41) is 9.31. The summed E-state index contributed by atoms with van der Waals surface area (Å²) in [6, 6.07) is 6.02. The first-order chi connectivity index (χ1) is 11.8. The standard InChI is InChI=1S/C17H18N4O2S/c1-11-8-15(23-21-11)13-10-19-17(18-9-12-4-3-7-24-12)20-16(13)14-5-2-6-22-14/h3-4,7-8,10,14H,2,5-6,9H2,1H3,(H,18,19,20). The molecule has 7 heteroatoms. The molecule has 0 saturated carbocycles. The first-order valence-electron chi connectivity index (χ1n) is 7.98. The van der Waals surface area contributed by atoms with E-state index in [0.29, 0.717) is 18.3 Å². The number of thiophene rings is 1. The molecule has 1 atom stereocenters.